The van der Waals surface area contributed by atoms with E-state index in [0.717, 1.165) is 55.7 Å². The Balaban J connectivity index is 1.13. The molecule has 48 heavy (non-hydrogen) atoms. The van der Waals surface area contributed by atoms with Crippen LogP contribution in [0.1, 0.15) is 0 Å². The molecule has 0 aliphatic heterocycles. The van der Waals surface area contributed by atoms with Crippen molar-refractivity contribution in [3.05, 3.63) is 158 Å². The molecular weight excluding hydrogens is 609 g/mol. The van der Waals surface area contributed by atoms with Crippen molar-refractivity contribution in [3.8, 4) is 22.6 Å². The van der Waals surface area contributed by atoms with Crippen LogP contribution in [0.15, 0.2) is 167 Å². The second kappa shape index (κ2) is 10.7. The van der Waals surface area contributed by atoms with Crippen LogP contribution < -0.4 is 4.90 Å². The Morgan fingerprint density at radius 1 is 0.458 bits per heavy atom. The first-order chi connectivity index (χ1) is 23.8. The zero-order chi connectivity index (χ0) is 31.6. The summed E-state index contributed by atoms with van der Waals surface area (Å²) < 4.78 is 15.2. The number of para-hydroxylation sites is 3. The zero-order valence-electron chi connectivity index (χ0n) is 25.6. The zero-order valence-corrected chi connectivity index (χ0v) is 26.4. The summed E-state index contributed by atoms with van der Waals surface area (Å²) in [4.78, 5) is 7.09. The van der Waals surface area contributed by atoms with Crippen molar-refractivity contribution in [1.29, 1.82) is 0 Å². The van der Waals surface area contributed by atoms with E-state index in [1.54, 1.807) is 0 Å². The fourth-order valence-corrected chi connectivity index (χ4v) is 8.12. The summed E-state index contributed by atoms with van der Waals surface area (Å²) in [7, 11) is 0. The number of nitrogens with zero attached hydrogens (tertiary/aromatic N) is 2. The normalized spacial score (nSPS) is 11.8. The molecule has 3 aromatic heterocycles. The van der Waals surface area contributed by atoms with E-state index >= 15 is 0 Å². The van der Waals surface area contributed by atoms with E-state index in [1.165, 1.54) is 31.3 Å². The molecule has 0 N–H and O–H groups in total. The van der Waals surface area contributed by atoms with E-state index in [0.29, 0.717) is 5.89 Å². The Kier molecular flexibility index (Phi) is 6.01. The smallest absolute Gasteiger partial charge is 0.228 e. The van der Waals surface area contributed by atoms with Gasteiger partial charge in [0.2, 0.25) is 5.89 Å². The van der Waals surface area contributed by atoms with Gasteiger partial charge in [0.05, 0.1) is 0 Å². The first kappa shape index (κ1) is 27.0. The molecule has 0 aliphatic rings. The van der Waals surface area contributed by atoms with E-state index in [-0.39, 0.29) is 0 Å². The van der Waals surface area contributed by atoms with Crippen LogP contribution in [0.25, 0.3) is 75.8 Å². The Bertz CT molecular complexity index is 2760. The summed E-state index contributed by atoms with van der Waals surface area (Å²) in [5.41, 5.74) is 9.80. The highest BCUT2D eigenvalue weighted by Gasteiger charge is 2.20. The van der Waals surface area contributed by atoms with E-state index < -0.39 is 0 Å². The van der Waals surface area contributed by atoms with Gasteiger partial charge in [-0.2, -0.15) is 0 Å². The molecule has 3 heterocycles. The Morgan fingerprint density at radius 3 is 2.02 bits per heavy atom. The first-order valence-corrected chi connectivity index (χ1v) is 16.8. The summed E-state index contributed by atoms with van der Waals surface area (Å²) in [6.45, 7) is 0. The monoisotopic (exact) mass is 634 g/mol. The highest BCUT2D eigenvalue weighted by Crippen LogP contribution is 2.45. The van der Waals surface area contributed by atoms with Crippen LogP contribution in [-0.2, 0) is 0 Å². The highest BCUT2D eigenvalue weighted by atomic mass is 32.1. The summed E-state index contributed by atoms with van der Waals surface area (Å²) in [6, 6.07) is 55.0. The number of oxazole rings is 1. The SMILES string of the molecule is c1ccc(-c2cccc3sc4cc(N(c5ccccc5)c5ccc6c(c5)oc5cccc(-c7nc8ccccc8o7)c56)ccc4c23)cc1. The molecule has 226 valence electrons. The highest BCUT2D eigenvalue weighted by molar-refractivity contribution is 7.26. The molecular formula is C43H26N2O2S. The molecule has 0 radical (unpaired) electrons. The van der Waals surface area contributed by atoms with Crippen molar-refractivity contribution in [3.63, 3.8) is 0 Å². The molecule has 0 atom stereocenters. The number of rotatable bonds is 5. The van der Waals surface area contributed by atoms with Gasteiger partial charge in [-0.05, 0) is 77.9 Å². The van der Waals surface area contributed by atoms with E-state index in [4.69, 9.17) is 13.8 Å². The fourth-order valence-electron chi connectivity index (χ4n) is 6.96. The number of hydrogen-bond donors (Lipinski definition) is 0. The van der Waals surface area contributed by atoms with Crippen molar-refractivity contribution >= 4 is 81.6 Å². The molecule has 10 rings (SSSR count). The third kappa shape index (κ3) is 4.25. The number of hydrogen-bond acceptors (Lipinski definition) is 5. The van der Waals surface area contributed by atoms with E-state index in [9.17, 15) is 0 Å². The number of aromatic nitrogens is 1. The third-order valence-corrected chi connectivity index (χ3v) is 10.2. The predicted molar refractivity (Wildman–Crippen MR) is 200 cm³/mol. The minimum atomic E-state index is 0.589. The average Bonchev–Trinajstić information content (AvgIpc) is 3.85. The van der Waals surface area contributed by atoms with Crippen molar-refractivity contribution in [2.45, 2.75) is 0 Å². The molecule has 4 nitrogen and oxygen atoms in total. The van der Waals surface area contributed by atoms with E-state index in [2.05, 4.69) is 126 Å². The van der Waals surface area contributed by atoms with Crippen molar-refractivity contribution < 1.29 is 8.83 Å². The molecule has 7 aromatic carbocycles. The van der Waals surface area contributed by atoms with Gasteiger partial charge < -0.3 is 13.7 Å². The average molecular weight is 635 g/mol. The van der Waals surface area contributed by atoms with Crippen LogP contribution in [0, 0.1) is 0 Å². The second-order valence-corrected chi connectivity index (χ2v) is 13.0. The number of thiophene rings is 1. The molecule has 5 heteroatoms. The standard InChI is InChI=1S/C43H26N2O2S/c1-3-11-27(12-4-1)31-15-10-20-39-42(31)33-24-22-30(26-40(33)48-39)45(28-13-5-2-6-14-28)29-21-23-32-38(25-29)46-37-19-9-16-34(41(32)37)43-44-35-17-7-8-18-36(35)47-43/h1-26H. The van der Waals surface area contributed by atoms with Gasteiger partial charge in [0.15, 0.2) is 5.58 Å². The van der Waals surface area contributed by atoms with Crippen molar-refractivity contribution in [1.82, 2.24) is 4.98 Å². The topological polar surface area (TPSA) is 42.4 Å². The van der Waals surface area contributed by atoms with Gasteiger partial charge >= 0.3 is 0 Å². The van der Waals surface area contributed by atoms with Gasteiger partial charge in [-0.1, -0.05) is 84.9 Å². The lowest BCUT2D eigenvalue weighted by Gasteiger charge is -2.25. The molecule has 0 saturated carbocycles. The summed E-state index contributed by atoms with van der Waals surface area (Å²) in [5.74, 6) is 0.589. The third-order valence-electron chi connectivity index (χ3n) is 9.10. The van der Waals surface area contributed by atoms with Gasteiger partial charge in [-0.3, -0.25) is 0 Å². The maximum Gasteiger partial charge on any atom is 0.228 e. The number of furan rings is 1. The van der Waals surface area contributed by atoms with Gasteiger partial charge in [0.25, 0.3) is 0 Å². The lowest BCUT2D eigenvalue weighted by molar-refractivity contribution is 0.620. The van der Waals surface area contributed by atoms with Crippen LogP contribution in [0.5, 0.6) is 0 Å². The van der Waals surface area contributed by atoms with Crippen LogP contribution in [0.3, 0.4) is 0 Å². The fraction of sp³-hybridized carbons (Fsp3) is 0. The Hall–Kier alpha value is -6.17. The number of fused-ring (bicyclic) bond motifs is 7. The van der Waals surface area contributed by atoms with Crippen molar-refractivity contribution in [2.24, 2.45) is 0 Å². The van der Waals surface area contributed by atoms with Gasteiger partial charge in [-0.15, -0.1) is 11.3 Å². The lowest BCUT2D eigenvalue weighted by Crippen LogP contribution is -2.09. The molecule has 0 aliphatic carbocycles. The molecule has 0 unspecified atom stereocenters. The molecule has 0 fully saturated rings. The predicted octanol–water partition coefficient (Wildman–Crippen LogP) is 12.9. The molecule has 0 spiro atoms. The number of benzene rings is 7. The minimum Gasteiger partial charge on any atom is -0.456 e. The minimum absolute atomic E-state index is 0.589. The van der Waals surface area contributed by atoms with Gasteiger partial charge in [0.1, 0.15) is 16.7 Å². The van der Waals surface area contributed by atoms with Gasteiger partial charge in [0, 0.05) is 59.6 Å². The quantitative estimate of drug-likeness (QED) is 0.189. The van der Waals surface area contributed by atoms with Crippen LogP contribution >= 0.6 is 11.3 Å². The summed E-state index contributed by atoms with van der Waals surface area (Å²) in [6.07, 6.45) is 0. The van der Waals surface area contributed by atoms with Crippen LogP contribution in [0.2, 0.25) is 0 Å². The Labute approximate surface area is 279 Å². The molecule has 0 bridgehead atoms. The van der Waals surface area contributed by atoms with Crippen LogP contribution in [-0.4, -0.2) is 4.98 Å². The maximum absolute atomic E-state index is 6.52. The van der Waals surface area contributed by atoms with E-state index in [1.807, 2.05) is 47.7 Å². The number of anilines is 3. The Morgan fingerprint density at radius 2 is 1.17 bits per heavy atom. The van der Waals surface area contributed by atoms with Gasteiger partial charge in [-0.25, -0.2) is 4.98 Å². The summed E-state index contributed by atoms with van der Waals surface area (Å²) in [5, 5.41) is 4.59. The van der Waals surface area contributed by atoms with Crippen LogP contribution in [0.4, 0.5) is 17.1 Å². The molecule has 10 aromatic rings. The lowest BCUT2D eigenvalue weighted by atomic mass is 9.99. The first-order valence-electron chi connectivity index (χ1n) is 16.0. The molecule has 0 saturated heterocycles. The largest absolute Gasteiger partial charge is 0.456 e. The van der Waals surface area contributed by atoms with Crippen molar-refractivity contribution in [2.75, 3.05) is 4.90 Å². The second-order valence-electron chi connectivity index (χ2n) is 11.9. The molecule has 0 amide bonds. The maximum atomic E-state index is 6.52. The summed E-state index contributed by atoms with van der Waals surface area (Å²) >= 11 is 1.84.